The molecule has 14 heavy (non-hydrogen) atoms. The van der Waals surface area contributed by atoms with Crippen LogP contribution in [0.2, 0.25) is 0 Å². The summed E-state index contributed by atoms with van der Waals surface area (Å²) in [4.78, 5) is 4.26. The van der Waals surface area contributed by atoms with Crippen LogP contribution < -0.4 is 5.43 Å². The predicted molar refractivity (Wildman–Crippen MR) is 61.8 cm³/mol. The van der Waals surface area contributed by atoms with E-state index in [0.717, 1.165) is 25.3 Å². The highest BCUT2D eigenvalue weighted by atomic mass is 35.5. The lowest BCUT2D eigenvalue weighted by Crippen LogP contribution is -2.30. The lowest BCUT2D eigenvalue weighted by Gasteiger charge is -2.13. The smallest absolute Gasteiger partial charge is 0.0558 e. The highest BCUT2D eigenvalue weighted by molar-refractivity contribution is 5.85. The standard InChI is InChI=1S/C9H13N3.2ClH/c1-2-5-10-9(4-1)8-12-7-3-6-11-12;;/h1-2,4-5,11H,3,6-8H2;2*1H. The van der Waals surface area contributed by atoms with E-state index in [0.29, 0.717) is 0 Å². The minimum Gasteiger partial charge on any atom is -0.260 e. The maximum absolute atomic E-state index is 4.26. The quantitative estimate of drug-likeness (QED) is 0.846. The van der Waals surface area contributed by atoms with E-state index in [2.05, 4.69) is 21.5 Å². The van der Waals surface area contributed by atoms with Crippen molar-refractivity contribution < 1.29 is 0 Å². The van der Waals surface area contributed by atoms with Gasteiger partial charge >= 0.3 is 0 Å². The van der Waals surface area contributed by atoms with Gasteiger partial charge in [-0.3, -0.25) is 10.4 Å². The molecule has 1 aliphatic heterocycles. The molecule has 3 nitrogen and oxygen atoms in total. The minimum atomic E-state index is 0. The fourth-order valence-electron chi connectivity index (χ4n) is 1.41. The first-order chi connectivity index (χ1) is 5.95. The molecule has 0 saturated carbocycles. The van der Waals surface area contributed by atoms with Gasteiger partial charge < -0.3 is 0 Å². The number of pyridine rings is 1. The van der Waals surface area contributed by atoms with Crippen LogP contribution in [0.1, 0.15) is 12.1 Å². The zero-order valence-corrected chi connectivity index (χ0v) is 9.48. The van der Waals surface area contributed by atoms with Crippen LogP contribution in [0, 0.1) is 0 Å². The summed E-state index contributed by atoms with van der Waals surface area (Å²) in [6.45, 7) is 3.16. The molecule has 1 aromatic rings. The molecule has 0 bridgehead atoms. The average Bonchev–Trinajstić information content (AvgIpc) is 2.59. The van der Waals surface area contributed by atoms with Gasteiger partial charge in [0.25, 0.3) is 0 Å². The Kier molecular flexibility index (Phi) is 6.83. The number of halogens is 2. The topological polar surface area (TPSA) is 28.2 Å². The number of hydrogen-bond donors (Lipinski definition) is 1. The maximum Gasteiger partial charge on any atom is 0.0558 e. The van der Waals surface area contributed by atoms with Gasteiger partial charge in [-0.15, -0.1) is 24.8 Å². The van der Waals surface area contributed by atoms with Gasteiger partial charge in [0.2, 0.25) is 0 Å². The van der Waals surface area contributed by atoms with Crippen molar-refractivity contribution >= 4 is 24.8 Å². The Morgan fingerprint density at radius 2 is 2.21 bits per heavy atom. The van der Waals surface area contributed by atoms with Crippen LogP contribution in [-0.4, -0.2) is 23.1 Å². The zero-order chi connectivity index (χ0) is 8.23. The number of hydrazine groups is 1. The summed E-state index contributed by atoms with van der Waals surface area (Å²) in [5.74, 6) is 0. The van der Waals surface area contributed by atoms with Gasteiger partial charge in [-0.25, -0.2) is 5.01 Å². The molecule has 1 fully saturated rings. The van der Waals surface area contributed by atoms with Gasteiger partial charge in [0, 0.05) is 19.3 Å². The molecule has 80 valence electrons. The van der Waals surface area contributed by atoms with Crippen molar-refractivity contribution in [3.05, 3.63) is 30.1 Å². The molecule has 1 saturated heterocycles. The SMILES string of the molecule is Cl.Cl.c1ccc(CN2CCCN2)nc1. The summed E-state index contributed by atoms with van der Waals surface area (Å²) in [7, 11) is 0. The van der Waals surface area contributed by atoms with Gasteiger partial charge in [0.15, 0.2) is 0 Å². The Hall–Kier alpha value is -0.350. The summed E-state index contributed by atoms with van der Waals surface area (Å²) >= 11 is 0. The molecular formula is C9H15Cl2N3. The van der Waals surface area contributed by atoms with Gasteiger partial charge in [-0.2, -0.15) is 0 Å². The molecule has 2 rings (SSSR count). The van der Waals surface area contributed by atoms with E-state index >= 15 is 0 Å². The van der Waals surface area contributed by atoms with E-state index in [-0.39, 0.29) is 24.8 Å². The molecule has 0 aromatic carbocycles. The first-order valence-electron chi connectivity index (χ1n) is 4.33. The van der Waals surface area contributed by atoms with Crippen LogP contribution in [0.5, 0.6) is 0 Å². The van der Waals surface area contributed by atoms with Crippen LogP contribution in [0.4, 0.5) is 0 Å². The third-order valence-electron chi connectivity index (χ3n) is 2.02. The van der Waals surface area contributed by atoms with E-state index in [1.54, 1.807) is 0 Å². The minimum absolute atomic E-state index is 0. The summed E-state index contributed by atoms with van der Waals surface area (Å²) in [6, 6.07) is 6.03. The third kappa shape index (κ3) is 3.80. The van der Waals surface area contributed by atoms with E-state index in [1.807, 2.05) is 18.3 Å². The number of rotatable bonds is 2. The second-order valence-electron chi connectivity index (χ2n) is 3.00. The second kappa shape index (κ2) is 7.01. The lowest BCUT2D eigenvalue weighted by molar-refractivity contribution is 0.241. The Morgan fingerprint density at radius 1 is 1.36 bits per heavy atom. The second-order valence-corrected chi connectivity index (χ2v) is 3.00. The van der Waals surface area contributed by atoms with Crippen molar-refractivity contribution in [2.24, 2.45) is 0 Å². The van der Waals surface area contributed by atoms with Crippen LogP contribution in [-0.2, 0) is 6.54 Å². The van der Waals surface area contributed by atoms with Crippen LogP contribution in [0.3, 0.4) is 0 Å². The summed E-state index contributed by atoms with van der Waals surface area (Å²) < 4.78 is 0. The van der Waals surface area contributed by atoms with E-state index in [1.165, 1.54) is 6.42 Å². The molecule has 0 spiro atoms. The van der Waals surface area contributed by atoms with Gasteiger partial charge in [-0.05, 0) is 18.6 Å². The van der Waals surface area contributed by atoms with Crippen LogP contribution in [0.15, 0.2) is 24.4 Å². The predicted octanol–water partition coefficient (Wildman–Crippen LogP) is 1.64. The number of nitrogens with zero attached hydrogens (tertiary/aromatic N) is 2. The molecule has 1 N–H and O–H groups in total. The Balaban J connectivity index is 0.000000845. The van der Waals surface area contributed by atoms with Crippen molar-refractivity contribution in [2.75, 3.05) is 13.1 Å². The molecule has 0 aliphatic carbocycles. The number of nitrogens with one attached hydrogen (secondary N) is 1. The van der Waals surface area contributed by atoms with Gasteiger partial charge in [0.05, 0.1) is 12.2 Å². The zero-order valence-electron chi connectivity index (χ0n) is 7.85. The van der Waals surface area contributed by atoms with Gasteiger partial charge in [-0.1, -0.05) is 6.07 Å². The molecule has 1 aliphatic rings. The van der Waals surface area contributed by atoms with Crippen molar-refractivity contribution in [3.63, 3.8) is 0 Å². The van der Waals surface area contributed by atoms with Crippen molar-refractivity contribution in [1.29, 1.82) is 0 Å². The Bertz CT molecular complexity index is 237. The van der Waals surface area contributed by atoms with E-state index in [4.69, 9.17) is 0 Å². The molecule has 0 atom stereocenters. The molecular weight excluding hydrogens is 221 g/mol. The number of aromatic nitrogens is 1. The summed E-state index contributed by atoms with van der Waals surface area (Å²) in [6.07, 6.45) is 3.08. The number of hydrogen-bond acceptors (Lipinski definition) is 3. The monoisotopic (exact) mass is 235 g/mol. The van der Waals surface area contributed by atoms with E-state index < -0.39 is 0 Å². The molecule has 0 unspecified atom stereocenters. The third-order valence-corrected chi connectivity index (χ3v) is 2.02. The first kappa shape index (κ1) is 13.7. The normalized spacial score (nSPS) is 15.7. The lowest BCUT2D eigenvalue weighted by atomic mass is 10.3. The Morgan fingerprint density at radius 3 is 2.79 bits per heavy atom. The highest BCUT2D eigenvalue weighted by Gasteiger charge is 2.10. The Labute approximate surface area is 96.7 Å². The largest absolute Gasteiger partial charge is 0.260 e. The van der Waals surface area contributed by atoms with E-state index in [9.17, 15) is 0 Å². The molecule has 5 heteroatoms. The van der Waals surface area contributed by atoms with Crippen LogP contribution >= 0.6 is 24.8 Å². The van der Waals surface area contributed by atoms with Crippen LogP contribution in [0.25, 0.3) is 0 Å². The fraction of sp³-hybridized carbons (Fsp3) is 0.444. The highest BCUT2D eigenvalue weighted by Crippen LogP contribution is 2.02. The summed E-state index contributed by atoms with van der Waals surface area (Å²) in [5, 5.41) is 2.21. The molecule has 0 radical (unpaired) electrons. The molecule has 0 amide bonds. The molecule has 1 aromatic heterocycles. The summed E-state index contributed by atoms with van der Waals surface area (Å²) in [5.41, 5.74) is 4.43. The average molecular weight is 236 g/mol. The fourth-order valence-corrected chi connectivity index (χ4v) is 1.41. The maximum atomic E-state index is 4.26. The molecule has 2 heterocycles. The van der Waals surface area contributed by atoms with Crippen molar-refractivity contribution in [2.45, 2.75) is 13.0 Å². The van der Waals surface area contributed by atoms with Gasteiger partial charge in [0.1, 0.15) is 0 Å². The van der Waals surface area contributed by atoms with Crippen molar-refractivity contribution in [3.8, 4) is 0 Å². The first-order valence-corrected chi connectivity index (χ1v) is 4.33. The van der Waals surface area contributed by atoms with Crippen molar-refractivity contribution in [1.82, 2.24) is 15.4 Å².